The van der Waals surface area contributed by atoms with E-state index in [9.17, 15) is 14.4 Å². The van der Waals surface area contributed by atoms with Gasteiger partial charge in [-0.2, -0.15) is 0 Å². The minimum absolute atomic E-state index is 0.0532. The summed E-state index contributed by atoms with van der Waals surface area (Å²) >= 11 is 0. The van der Waals surface area contributed by atoms with Crippen molar-refractivity contribution in [1.82, 2.24) is 10.2 Å². The van der Waals surface area contributed by atoms with Gasteiger partial charge in [0.2, 0.25) is 0 Å². The Kier molecular flexibility index (Phi) is 2.06. The summed E-state index contributed by atoms with van der Waals surface area (Å²) in [6.07, 6.45) is 2.05. The summed E-state index contributed by atoms with van der Waals surface area (Å²) in [5.74, 6) is -1.10. The van der Waals surface area contributed by atoms with Gasteiger partial charge in [0, 0.05) is 6.54 Å². The van der Waals surface area contributed by atoms with Crippen molar-refractivity contribution in [2.75, 3.05) is 6.54 Å². The van der Waals surface area contributed by atoms with Gasteiger partial charge in [-0.3, -0.25) is 19.8 Å². The van der Waals surface area contributed by atoms with Gasteiger partial charge in [0.1, 0.15) is 0 Å². The summed E-state index contributed by atoms with van der Waals surface area (Å²) in [7, 11) is 0. The normalized spacial score (nSPS) is 23.7. The lowest BCUT2D eigenvalue weighted by Gasteiger charge is -2.23. The Bertz CT molecular complexity index is 345. The molecule has 0 atom stereocenters. The number of urea groups is 1. The molecule has 0 aromatic rings. The highest BCUT2D eigenvalue weighted by molar-refractivity contribution is 6.44. The van der Waals surface area contributed by atoms with Crippen LogP contribution in [0.3, 0.4) is 0 Å². The Labute approximate surface area is 87.8 Å². The van der Waals surface area contributed by atoms with Crippen LogP contribution in [0.15, 0.2) is 0 Å². The van der Waals surface area contributed by atoms with Crippen molar-refractivity contribution in [3.63, 3.8) is 0 Å². The van der Waals surface area contributed by atoms with Crippen molar-refractivity contribution in [2.24, 2.45) is 11.3 Å². The molecule has 0 bridgehead atoms. The van der Waals surface area contributed by atoms with Gasteiger partial charge in [-0.05, 0) is 24.2 Å². The molecule has 4 amide bonds. The van der Waals surface area contributed by atoms with Crippen LogP contribution in [0.4, 0.5) is 4.79 Å². The van der Waals surface area contributed by atoms with Gasteiger partial charge >= 0.3 is 17.8 Å². The Morgan fingerprint density at radius 2 is 1.93 bits per heavy atom. The summed E-state index contributed by atoms with van der Waals surface area (Å²) in [5.41, 5.74) is 0.0532. The maximum Gasteiger partial charge on any atom is 0.331 e. The third kappa shape index (κ3) is 1.52. The summed E-state index contributed by atoms with van der Waals surface area (Å²) < 4.78 is 0. The van der Waals surface area contributed by atoms with Crippen LogP contribution in [0.5, 0.6) is 0 Å². The number of nitrogens with zero attached hydrogens (tertiary/aromatic N) is 1. The molecule has 0 radical (unpaired) electrons. The van der Waals surface area contributed by atoms with Crippen molar-refractivity contribution in [3.8, 4) is 0 Å². The molecule has 1 saturated heterocycles. The molecule has 0 spiro atoms. The van der Waals surface area contributed by atoms with Gasteiger partial charge in [-0.1, -0.05) is 13.8 Å². The molecular weight excluding hydrogens is 196 g/mol. The zero-order valence-electron chi connectivity index (χ0n) is 8.87. The zero-order valence-corrected chi connectivity index (χ0v) is 8.87. The molecular formula is C10H14N2O3. The first-order valence-electron chi connectivity index (χ1n) is 5.13. The third-order valence-corrected chi connectivity index (χ3v) is 3.49. The first kappa shape index (κ1) is 10.1. The van der Waals surface area contributed by atoms with Gasteiger partial charge < -0.3 is 0 Å². The molecule has 0 unspecified atom stereocenters. The molecule has 2 fully saturated rings. The average molecular weight is 210 g/mol. The number of imide groups is 2. The maximum absolute atomic E-state index is 11.3. The largest absolute Gasteiger partial charge is 0.331 e. The number of carbonyl (C=O) groups is 3. The van der Waals surface area contributed by atoms with Crippen LogP contribution in [0.1, 0.15) is 26.7 Å². The second-order valence-corrected chi connectivity index (χ2v) is 4.67. The van der Waals surface area contributed by atoms with E-state index in [1.165, 1.54) is 0 Å². The van der Waals surface area contributed by atoms with Crippen molar-refractivity contribution < 1.29 is 14.4 Å². The smallest absolute Gasteiger partial charge is 0.269 e. The van der Waals surface area contributed by atoms with Gasteiger partial charge in [0.15, 0.2) is 0 Å². The van der Waals surface area contributed by atoms with E-state index < -0.39 is 17.8 Å². The Morgan fingerprint density at radius 3 is 2.27 bits per heavy atom. The number of carbonyl (C=O) groups excluding carboxylic acids is 3. The van der Waals surface area contributed by atoms with E-state index in [-0.39, 0.29) is 5.41 Å². The number of nitrogens with one attached hydrogen (secondary N) is 1. The molecule has 5 heteroatoms. The van der Waals surface area contributed by atoms with Crippen molar-refractivity contribution in [2.45, 2.75) is 26.7 Å². The van der Waals surface area contributed by atoms with Crippen molar-refractivity contribution in [1.29, 1.82) is 0 Å². The fraction of sp³-hybridized carbons (Fsp3) is 0.700. The van der Waals surface area contributed by atoms with Crippen molar-refractivity contribution in [3.05, 3.63) is 0 Å². The van der Waals surface area contributed by atoms with Crippen LogP contribution < -0.4 is 5.32 Å². The summed E-state index contributed by atoms with van der Waals surface area (Å²) in [4.78, 5) is 34.6. The Balaban J connectivity index is 2.10. The number of hydrogen-bond acceptors (Lipinski definition) is 3. The minimum Gasteiger partial charge on any atom is -0.269 e. The molecule has 0 aromatic carbocycles. The van der Waals surface area contributed by atoms with Gasteiger partial charge in [-0.25, -0.2) is 4.79 Å². The lowest BCUT2D eigenvalue weighted by atomic mass is 9.92. The molecule has 15 heavy (non-hydrogen) atoms. The van der Waals surface area contributed by atoms with E-state index in [2.05, 4.69) is 13.8 Å². The van der Waals surface area contributed by atoms with Crippen LogP contribution in [0.25, 0.3) is 0 Å². The predicted octanol–water partition coefficient (Wildman–Crippen LogP) is 0.501. The lowest BCUT2D eigenvalue weighted by molar-refractivity contribution is -0.140. The molecule has 1 heterocycles. The quantitative estimate of drug-likeness (QED) is 0.545. The molecule has 1 N–H and O–H groups in total. The minimum atomic E-state index is -0.806. The molecule has 2 rings (SSSR count). The van der Waals surface area contributed by atoms with Crippen LogP contribution >= 0.6 is 0 Å². The highest BCUT2D eigenvalue weighted by Gasteiger charge is 2.50. The first-order valence-corrected chi connectivity index (χ1v) is 5.13. The predicted molar refractivity (Wildman–Crippen MR) is 51.8 cm³/mol. The van der Waals surface area contributed by atoms with Crippen LogP contribution in [0.2, 0.25) is 0 Å². The number of amides is 4. The average Bonchev–Trinajstić information content (AvgIpc) is 2.89. The SMILES string of the molecule is CC(C)C1(CN2C(=O)NC(=O)C2=O)CC1. The molecule has 0 aromatic heterocycles. The fourth-order valence-electron chi connectivity index (χ4n) is 1.97. The number of rotatable bonds is 3. The lowest BCUT2D eigenvalue weighted by Crippen LogP contribution is -2.38. The molecule has 5 nitrogen and oxygen atoms in total. The molecule has 1 saturated carbocycles. The molecule has 1 aliphatic heterocycles. The van der Waals surface area contributed by atoms with E-state index in [4.69, 9.17) is 0 Å². The van der Waals surface area contributed by atoms with E-state index in [1.807, 2.05) is 5.32 Å². The van der Waals surface area contributed by atoms with Gasteiger partial charge in [0.25, 0.3) is 0 Å². The third-order valence-electron chi connectivity index (χ3n) is 3.49. The number of hydrogen-bond donors (Lipinski definition) is 1. The highest BCUT2D eigenvalue weighted by atomic mass is 16.2. The second-order valence-electron chi connectivity index (χ2n) is 4.67. The zero-order chi connectivity index (χ0) is 11.2. The summed E-state index contributed by atoms with van der Waals surface area (Å²) in [6.45, 7) is 4.53. The molecule has 2 aliphatic rings. The van der Waals surface area contributed by atoms with E-state index in [1.54, 1.807) is 0 Å². The van der Waals surface area contributed by atoms with E-state index >= 15 is 0 Å². The first-order chi connectivity index (χ1) is 6.96. The summed E-state index contributed by atoms with van der Waals surface area (Å²) in [5, 5.41) is 2.00. The van der Waals surface area contributed by atoms with E-state index in [0.29, 0.717) is 12.5 Å². The fourth-order valence-corrected chi connectivity index (χ4v) is 1.97. The van der Waals surface area contributed by atoms with Gasteiger partial charge in [-0.15, -0.1) is 0 Å². The highest BCUT2D eigenvalue weighted by Crippen LogP contribution is 2.52. The standard InChI is InChI=1S/C10H14N2O3/c1-6(2)10(3-4-10)5-12-8(14)7(13)11-9(12)15/h6H,3-5H2,1-2H3,(H,11,13,15). The summed E-state index contributed by atoms with van der Waals surface area (Å²) in [6, 6.07) is -0.572. The van der Waals surface area contributed by atoms with Crippen LogP contribution in [0, 0.1) is 11.3 Å². The topological polar surface area (TPSA) is 66.5 Å². The molecule has 82 valence electrons. The monoisotopic (exact) mass is 210 g/mol. The maximum atomic E-state index is 11.3. The van der Waals surface area contributed by atoms with Crippen LogP contribution in [-0.4, -0.2) is 29.3 Å². The Hall–Kier alpha value is -1.39. The Morgan fingerprint density at radius 1 is 1.33 bits per heavy atom. The van der Waals surface area contributed by atoms with Gasteiger partial charge in [0.05, 0.1) is 0 Å². The second kappa shape index (κ2) is 3.05. The van der Waals surface area contributed by atoms with E-state index in [0.717, 1.165) is 17.7 Å². The van der Waals surface area contributed by atoms with Crippen molar-refractivity contribution >= 4 is 17.8 Å². The van der Waals surface area contributed by atoms with Crippen LogP contribution in [-0.2, 0) is 9.59 Å². The molecule has 1 aliphatic carbocycles.